The molecule has 0 radical (unpaired) electrons. The van der Waals surface area contributed by atoms with Crippen LogP contribution < -0.4 is 24.8 Å². The minimum atomic E-state index is -0.888. The molecule has 12 nitrogen and oxygen atoms in total. The van der Waals surface area contributed by atoms with Crippen LogP contribution in [0.2, 0.25) is 0 Å². The summed E-state index contributed by atoms with van der Waals surface area (Å²) in [5.41, 5.74) is 1.96. The number of hydrogen-bond acceptors (Lipinski definition) is 14. The fourth-order valence-corrected chi connectivity index (χ4v) is 10.2. The number of carbonyl (C=O) groups excluding carboxylic acids is 6. The van der Waals surface area contributed by atoms with Gasteiger partial charge in [0.25, 0.3) is 0 Å². The summed E-state index contributed by atoms with van der Waals surface area (Å²) >= 11 is 5.43. The van der Waals surface area contributed by atoms with Gasteiger partial charge in [-0.1, -0.05) is 26.8 Å². The molecule has 1 unspecified atom stereocenters. The van der Waals surface area contributed by atoms with Crippen molar-refractivity contribution in [2.45, 2.75) is 49.8 Å². The van der Waals surface area contributed by atoms with Crippen molar-refractivity contribution in [3.63, 3.8) is 0 Å². The Morgan fingerprint density at radius 3 is 1.68 bits per heavy atom. The maximum Gasteiger partial charge on any atom is 0.352 e. The number of ether oxygens (including phenoxy) is 4. The van der Waals surface area contributed by atoms with Gasteiger partial charge in [-0.25, -0.2) is 9.59 Å². The van der Waals surface area contributed by atoms with Gasteiger partial charge in [0.05, 0.1) is 36.7 Å². The van der Waals surface area contributed by atoms with E-state index in [2.05, 4.69) is 10.6 Å². The molecule has 1 atom stereocenters. The number of carbonyl (C=O) groups is 6. The fourth-order valence-electron chi connectivity index (χ4n) is 6.33. The molecular weight excluding hydrogens is 917 g/mol. The Kier molecular flexibility index (Phi) is 17.8. The summed E-state index contributed by atoms with van der Waals surface area (Å²) in [6, 6.07) is 30.7. The van der Waals surface area contributed by atoms with E-state index in [1.54, 1.807) is 93.1 Å². The van der Waals surface area contributed by atoms with E-state index >= 15 is 0 Å². The molecule has 0 aliphatic heterocycles. The average Bonchev–Trinajstić information content (AvgIpc) is 3.96. The summed E-state index contributed by atoms with van der Waals surface area (Å²) in [5, 5.41) is 6.90. The van der Waals surface area contributed by atoms with Crippen molar-refractivity contribution in [1.29, 1.82) is 0 Å². The third-order valence-electron chi connectivity index (χ3n) is 10.1. The number of thiophene rings is 2. The van der Waals surface area contributed by atoms with E-state index in [-0.39, 0.29) is 40.6 Å². The van der Waals surface area contributed by atoms with Crippen LogP contribution in [0.3, 0.4) is 0 Å². The molecular formula is C50H48N2O10S4. The SMILES string of the molecule is CCc1cc(C(=O)c2ccc(OC)cc2)c(NC(=O)CSc2cccc(C(=O)OC(=O)COc3ccc(SCC(CC)C(=O)Nc4sc(CC)cc4C(=O)c4ccc(OC)cc4)cc3)c2)s1. The van der Waals surface area contributed by atoms with E-state index in [1.165, 1.54) is 58.3 Å². The molecule has 2 heterocycles. The summed E-state index contributed by atoms with van der Waals surface area (Å²) in [6.07, 6.45) is 2.01. The molecule has 6 aromatic rings. The highest BCUT2D eigenvalue weighted by Crippen LogP contribution is 2.34. The van der Waals surface area contributed by atoms with Gasteiger partial charge in [-0.2, -0.15) is 0 Å². The Labute approximate surface area is 399 Å². The molecule has 0 saturated heterocycles. The maximum absolute atomic E-state index is 13.5. The Morgan fingerprint density at radius 1 is 0.606 bits per heavy atom. The number of thioether (sulfide) groups is 2. The molecule has 0 fully saturated rings. The molecule has 6 rings (SSSR count). The van der Waals surface area contributed by atoms with Crippen molar-refractivity contribution >= 4 is 91.5 Å². The second-order valence-corrected chi connectivity index (χ2v) is 18.9. The van der Waals surface area contributed by atoms with Crippen molar-refractivity contribution in [2.75, 3.05) is 43.0 Å². The third-order valence-corrected chi connectivity index (χ3v) is 14.6. The van der Waals surface area contributed by atoms with Gasteiger partial charge in [-0.05, 0) is 122 Å². The number of aryl methyl sites for hydroxylation is 2. The molecule has 0 saturated carbocycles. The number of ketones is 2. The van der Waals surface area contributed by atoms with Crippen LogP contribution in [0.4, 0.5) is 10.0 Å². The zero-order valence-electron chi connectivity index (χ0n) is 36.9. The number of hydrogen-bond donors (Lipinski definition) is 2. The predicted molar refractivity (Wildman–Crippen MR) is 262 cm³/mol. The van der Waals surface area contributed by atoms with Crippen LogP contribution in [0.25, 0.3) is 0 Å². The topological polar surface area (TPSA) is 163 Å². The van der Waals surface area contributed by atoms with Crippen molar-refractivity contribution < 1.29 is 47.7 Å². The Hall–Kier alpha value is -6.20. The van der Waals surface area contributed by atoms with Crippen molar-refractivity contribution in [2.24, 2.45) is 5.92 Å². The molecule has 0 bridgehead atoms. The largest absolute Gasteiger partial charge is 0.497 e. The van der Waals surface area contributed by atoms with Crippen molar-refractivity contribution in [1.82, 2.24) is 0 Å². The minimum absolute atomic E-state index is 0.00137. The lowest BCUT2D eigenvalue weighted by molar-refractivity contribution is -0.140. The summed E-state index contributed by atoms with van der Waals surface area (Å²) < 4.78 is 21.1. The van der Waals surface area contributed by atoms with Gasteiger partial charge in [0.2, 0.25) is 11.8 Å². The first-order chi connectivity index (χ1) is 31.9. The fraction of sp³-hybridized carbons (Fsp3) is 0.240. The lowest BCUT2D eigenvalue weighted by Crippen LogP contribution is -2.24. The summed E-state index contributed by atoms with van der Waals surface area (Å²) in [4.78, 5) is 82.2. The van der Waals surface area contributed by atoms with Crippen LogP contribution in [-0.2, 0) is 32.0 Å². The molecule has 2 aromatic heterocycles. The minimum Gasteiger partial charge on any atom is -0.497 e. The number of esters is 2. The molecule has 0 aliphatic carbocycles. The van der Waals surface area contributed by atoms with Crippen LogP contribution in [0, 0.1) is 5.92 Å². The monoisotopic (exact) mass is 964 g/mol. The van der Waals surface area contributed by atoms with Gasteiger partial charge in [0.15, 0.2) is 18.2 Å². The molecule has 4 aromatic carbocycles. The van der Waals surface area contributed by atoms with Gasteiger partial charge < -0.3 is 29.6 Å². The Bertz CT molecular complexity index is 2670. The predicted octanol–water partition coefficient (Wildman–Crippen LogP) is 10.7. The Balaban J connectivity index is 0.948. The lowest BCUT2D eigenvalue weighted by atomic mass is 10.0. The third kappa shape index (κ3) is 13.2. The molecule has 2 N–H and O–H groups in total. The normalized spacial score (nSPS) is 11.3. The zero-order chi connectivity index (χ0) is 47.2. The standard InChI is InChI=1S/C50H48N2O10S4/c1-6-30(47(57)52-49-42(26-38(8-3)66-49)46(56)32-14-18-35(60-5)19-15-32)28-63-39-22-20-36(21-23-39)61-27-44(54)62-50(58)33-10-9-11-40(24-33)64-29-43(53)51-48-41(25-37(7-2)65-48)45(55)31-12-16-34(59-4)17-13-31/h9-26,30H,6-8,27-29H2,1-5H3,(H,51,53)(H,52,57). The number of amides is 2. The first-order valence-corrected chi connectivity index (χ1v) is 24.6. The highest BCUT2D eigenvalue weighted by molar-refractivity contribution is 8.00. The zero-order valence-corrected chi connectivity index (χ0v) is 40.2. The average molecular weight is 965 g/mol. The van der Waals surface area contributed by atoms with Gasteiger partial charge in [0.1, 0.15) is 27.3 Å². The first kappa shape index (κ1) is 49.2. The first-order valence-electron chi connectivity index (χ1n) is 21.0. The highest BCUT2D eigenvalue weighted by Gasteiger charge is 2.24. The second kappa shape index (κ2) is 23.8. The number of nitrogens with one attached hydrogen (secondary N) is 2. The van der Waals surface area contributed by atoms with Crippen molar-refractivity contribution in [3.05, 3.63) is 147 Å². The van der Waals surface area contributed by atoms with E-state index in [4.69, 9.17) is 18.9 Å². The van der Waals surface area contributed by atoms with Crippen molar-refractivity contribution in [3.8, 4) is 17.2 Å². The number of methoxy groups -OCH3 is 2. The van der Waals surface area contributed by atoms with E-state index in [9.17, 15) is 28.8 Å². The summed E-state index contributed by atoms with van der Waals surface area (Å²) in [7, 11) is 3.12. The van der Waals surface area contributed by atoms with Gasteiger partial charge in [-0.15, -0.1) is 46.2 Å². The van der Waals surface area contributed by atoms with E-state index < -0.39 is 18.5 Å². The smallest absolute Gasteiger partial charge is 0.352 e. The van der Waals surface area contributed by atoms with Crippen LogP contribution in [0.1, 0.15) is 79.1 Å². The number of benzene rings is 4. The van der Waals surface area contributed by atoms with Crippen LogP contribution in [0.5, 0.6) is 17.2 Å². The van der Waals surface area contributed by atoms with Gasteiger partial charge >= 0.3 is 11.9 Å². The molecule has 342 valence electrons. The molecule has 2 amide bonds. The van der Waals surface area contributed by atoms with E-state index in [1.807, 2.05) is 39.0 Å². The maximum atomic E-state index is 13.5. The lowest BCUT2D eigenvalue weighted by Gasteiger charge is -2.15. The highest BCUT2D eigenvalue weighted by atomic mass is 32.2. The Morgan fingerprint density at radius 2 is 1.15 bits per heavy atom. The number of anilines is 2. The van der Waals surface area contributed by atoms with Crippen LogP contribution in [0.15, 0.2) is 119 Å². The molecule has 0 aliphatic rings. The molecule has 0 spiro atoms. The van der Waals surface area contributed by atoms with E-state index in [0.29, 0.717) is 73.0 Å². The molecule has 66 heavy (non-hydrogen) atoms. The quantitative estimate of drug-likeness (QED) is 0.0287. The van der Waals surface area contributed by atoms with Gasteiger partial charge in [-0.3, -0.25) is 19.2 Å². The summed E-state index contributed by atoms with van der Waals surface area (Å²) in [6.45, 7) is 5.41. The number of rotatable bonds is 22. The second-order valence-electron chi connectivity index (χ2n) is 14.5. The van der Waals surface area contributed by atoms with Crippen LogP contribution >= 0.6 is 46.2 Å². The van der Waals surface area contributed by atoms with Crippen LogP contribution in [-0.4, -0.2) is 67.7 Å². The van der Waals surface area contributed by atoms with Gasteiger partial charge in [0, 0.05) is 42.3 Å². The van der Waals surface area contributed by atoms with E-state index in [0.717, 1.165) is 21.1 Å². The summed E-state index contributed by atoms with van der Waals surface area (Å²) in [5.74, 6) is -0.832. The molecule has 16 heteroatoms.